The van der Waals surface area contributed by atoms with Crippen molar-refractivity contribution in [1.82, 2.24) is 5.32 Å². The standard InChI is InChI=1S/C15H20F2N2O4/c1-9(8-18-13(20)23-14(2,3)4)19-10-5-6-11-12(7-10)22-15(16,17)21-11/h5-7,9,19H,8H2,1-4H3,(H,18,20). The summed E-state index contributed by atoms with van der Waals surface area (Å²) < 4.78 is 39.7. The number of benzene rings is 1. The van der Waals surface area contributed by atoms with Gasteiger partial charge in [-0.15, -0.1) is 8.78 Å². The van der Waals surface area contributed by atoms with E-state index < -0.39 is 18.0 Å². The third kappa shape index (κ3) is 5.15. The molecule has 128 valence electrons. The highest BCUT2D eigenvalue weighted by atomic mass is 19.3. The van der Waals surface area contributed by atoms with E-state index in [1.165, 1.54) is 12.1 Å². The molecule has 0 aliphatic carbocycles. The number of halogens is 2. The Kier molecular flexibility index (Phi) is 4.53. The molecule has 0 fully saturated rings. The van der Waals surface area contributed by atoms with Crippen LogP contribution >= 0.6 is 0 Å². The van der Waals surface area contributed by atoms with Crippen molar-refractivity contribution >= 4 is 11.8 Å². The van der Waals surface area contributed by atoms with Gasteiger partial charge < -0.3 is 24.8 Å². The van der Waals surface area contributed by atoms with Gasteiger partial charge in [0.25, 0.3) is 0 Å². The van der Waals surface area contributed by atoms with Crippen molar-refractivity contribution in [2.24, 2.45) is 0 Å². The maximum absolute atomic E-state index is 12.9. The molecule has 23 heavy (non-hydrogen) atoms. The minimum atomic E-state index is -3.63. The number of alkyl halides is 2. The number of nitrogens with one attached hydrogen (secondary N) is 2. The van der Waals surface area contributed by atoms with Crippen LogP contribution in [0.3, 0.4) is 0 Å². The highest BCUT2D eigenvalue weighted by Crippen LogP contribution is 2.42. The molecule has 1 aliphatic rings. The minimum absolute atomic E-state index is 0.0138. The van der Waals surface area contributed by atoms with Gasteiger partial charge in [0, 0.05) is 24.3 Å². The van der Waals surface area contributed by atoms with Gasteiger partial charge in [-0.05, 0) is 39.8 Å². The van der Waals surface area contributed by atoms with Crippen LogP contribution in [0.4, 0.5) is 19.3 Å². The molecule has 2 rings (SSSR count). The first-order valence-electron chi connectivity index (χ1n) is 7.17. The average Bonchev–Trinajstić information content (AvgIpc) is 2.67. The topological polar surface area (TPSA) is 68.8 Å². The zero-order chi connectivity index (χ0) is 17.3. The van der Waals surface area contributed by atoms with E-state index in [0.717, 1.165) is 0 Å². The molecule has 1 heterocycles. The zero-order valence-corrected chi connectivity index (χ0v) is 13.4. The van der Waals surface area contributed by atoms with E-state index in [-0.39, 0.29) is 17.5 Å². The first-order chi connectivity index (χ1) is 10.5. The fourth-order valence-electron chi connectivity index (χ4n) is 1.92. The molecule has 0 saturated heterocycles. The number of fused-ring (bicyclic) bond motifs is 1. The van der Waals surface area contributed by atoms with Gasteiger partial charge in [-0.25, -0.2) is 4.79 Å². The number of hydrogen-bond donors (Lipinski definition) is 2. The van der Waals surface area contributed by atoms with Gasteiger partial charge in [0.15, 0.2) is 11.5 Å². The fourth-order valence-corrected chi connectivity index (χ4v) is 1.92. The SMILES string of the molecule is CC(CNC(=O)OC(C)(C)C)Nc1ccc2c(c1)OC(F)(F)O2. The second kappa shape index (κ2) is 6.10. The summed E-state index contributed by atoms with van der Waals surface area (Å²) in [7, 11) is 0. The van der Waals surface area contributed by atoms with Crippen molar-refractivity contribution < 1.29 is 27.8 Å². The maximum atomic E-state index is 12.9. The Morgan fingerprint density at radius 1 is 1.30 bits per heavy atom. The summed E-state index contributed by atoms with van der Waals surface area (Å²) in [5, 5.41) is 5.69. The molecule has 1 amide bonds. The average molecular weight is 330 g/mol. The van der Waals surface area contributed by atoms with Crippen LogP contribution in [0.5, 0.6) is 11.5 Å². The lowest BCUT2D eigenvalue weighted by Crippen LogP contribution is -2.38. The maximum Gasteiger partial charge on any atom is 0.586 e. The first kappa shape index (κ1) is 17.1. The molecule has 8 heteroatoms. The molecule has 0 aromatic heterocycles. The number of ether oxygens (including phenoxy) is 3. The predicted octanol–water partition coefficient (Wildman–Crippen LogP) is 3.33. The monoisotopic (exact) mass is 330 g/mol. The lowest BCUT2D eigenvalue weighted by Gasteiger charge is -2.21. The van der Waals surface area contributed by atoms with E-state index in [0.29, 0.717) is 12.2 Å². The number of carbonyl (C=O) groups excluding carboxylic acids is 1. The molecule has 1 aromatic carbocycles. The normalized spacial score (nSPS) is 16.6. The van der Waals surface area contributed by atoms with Gasteiger partial charge in [-0.2, -0.15) is 0 Å². The second-order valence-corrected chi connectivity index (χ2v) is 6.26. The Bertz CT molecular complexity index is 587. The number of rotatable bonds is 4. The van der Waals surface area contributed by atoms with Crippen molar-refractivity contribution in [2.45, 2.75) is 45.6 Å². The van der Waals surface area contributed by atoms with Crippen LogP contribution in [0.2, 0.25) is 0 Å². The van der Waals surface area contributed by atoms with Crippen molar-refractivity contribution in [2.75, 3.05) is 11.9 Å². The van der Waals surface area contributed by atoms with E-state index in [1.807, 2.05) is 6.92 Å². The van der Waals surface area contributed by atoms with E-state index in [9.17, 15) is 13.6 Å². The molecule has 2 N–H and O–H groups in total. The van der Waals surface area contributed by atoms with Gasteiger partial charge in [-0.3, -0.25) is 0 Å². The summed E-state index contributed by atoms with van der Waals surface area (Å²) in [5.74, 6) is -0.0487. The van der Waals surface area contributed by atoms with E-state index in [1.54, 1.807) is 26.8 Å². The molecule has 1 atom stereocenters. The first-order valence-corrected chi connectivity index (χ1v) is 7.17. The smallest absolute Gasteiger partial charge is 0.444 e. The number of hydrogen-bond acceptors (Lipinski definition) is 5. The lowest BCUT2D eigenvalue weighted by molar-refractivity contribution is -0.286. The summed E-state index contributed by atoms with van der Waals surface area (Å²) in [5.41, 5.74) is 0.00655. The van der Waals surface area contributed by atoms with Crippen LogP contribution in [0.25, 0.3) is 0 Å². The Labute approximate surface area is 133 Å². The van der Waals surface area contributed by atoms with Crippen molar-refractivity contribution in [3.8, 4) is 11.5 Å². The quantitative estimate of drug-likeness (QED) is 0.886. The van der Waals surface area contributed by atoms with Crippen LogP contribution in [-0.4, -0.2) is 30.6 Å². The lowest BCUT2D eigenvalue weighted by atomic mass is 10.2. The molecule has 0 saturated carbocycles. The van der Waals surface area contributed by atoms with Crippen molar-refractivity contribution in [1.29, 1.82) is 0 Å². The van der Waals surface area contributed by atoms with Crippen LogP contribution in [0, 0.1) is 0 Å². The van der Waals surface area contributed by atoms with Gasteiger partial charge in [-0.1, -0.05) is 0 Å². The third-order valence-electron chi connectivity index (χ3n) is 2.77. The fraction of sp³-hybridized carbons (Fsp3) is 0.533. The number of anilines is 1. The molecule has 6 nitrogen and oxygen atoms in total. The zero-order valence-electron chi connectivity index (χ0n) is 13.4. The van der Waals surface area contributed by atoms with E-state index in [4.69, 9.17) is 4.74 Å². The minimum Gasteiger partial charge on any atom is -0.444 e. The molecular weight excluding hydrogens is 310 g/mol. The van der Waals surface area contributed by atoms with Crippen LogP contribution in [0.1, 0.15) is 27.7 Å². The van der Waals surface area contributed by atoms with Crippen LogP contribution < -0.4 is 20.1 Å². The van der Waals surface area contributed by atoms with E-state index in [2.05, 4.69) is 20.1 Å². The molecule has 0 spiro atoms. The Morgan fingerprint density at radius 2 is 1.96 bits per heavy atom. The highest BCUT2D eigenvalue weighted by molar-refractivity contribution is 5.67. The molecule has 0 radical (unpaired) electrons. The van der Waals surface area contributed by atoms with Gasteiger partial charge in [0.1, 0.15) is 5.60 Å². The van der Waals surface area contributed by atoms with E-state index >= 15 is 0 Å². The highest BCUT2D eigenvalue weighted by Gasteiger charge is 2.43. The number of amides is 1. The Balaban J connectivity index is 1.85. The molecule has 1 aliphatic heterocycles. The summed E-state index contributed by atoms with van der Waals surface area (Å²) in [6.45, 7) is 7.46. The van der Waals surface area contributed by atoms with Crippen molar-refractivity contribution in [3.05, 3.63) is 18.2 Å². The third-order valence-corrected chi connectivity index (χ3v) is 2.77. The predicted molar refractivity (Wildman–Crippen MR) is 80.0 cm³/mol. The number of carbonyl (C=O) groups is 1. The molecule has 1 unspecified atom stereocenters. The molecule has 1 aromatic rings. The summed E-state index contributed by atoms with van der Waals surface area (Å²) in [4.78, 5) is 11.6. The Hall–Kier alpha value is -2.25. The second-order valence-electron chi connectivity index (χ2n) is 6.26. The summed E-state index contributed by atoms with van der Waals surface area (Å²) in [6, 6.07) is 4.25. The summed E-state index contributed by atoms with van der Waals surface area (Å²) in [6.07, 6.45) is -4.15. The summed E-state index contributed by atoms with van der Waals surface area (Å²) >= 11 is 0. The van der Waals surface area contributed by atoms with Gasteiger partial charge in [0.2, 0.25) is 0 Å². The van der Waals surface area contributed by atoms with Crippen LogP contribution in [0.15, 0.2) is 18.2 Å². The van der Waals surface area contributed by atoms with Crippen LogP contribution in [-0.2, 0) is 4.74 Å². The van der Waals surface area contributed by atoms with Gasteiger partial charge in [0.05, 0.1) is 0 Å². The largest absolute Gasteiger partial charge is 0.586 e. The van der Waals surface area contributed by atoms with Gasteiger partial charge >= 0.3 is 12.4 Å². The number of alkyl carbamates (subject to hydrolysis) is 1. The van der Waals surface area contributed by atoms with Crippen molar-refractivity contribution in [3.63, 3.8) is 0 Å². The Morgan fingerprint density at radius 3 is 2.61 bits per heavy atom. The molecular formula is C15H20F2N2O4. The molecule has 0 bridgehead atoms.